The van der Waals surface area contributed by atoms with Gasteiger partial charge in [-0.2, -0.15) is 0 Å². The highest BCUT2D eigenvalue weighted by Gasteiger charge is 2.26. The molecule has 2 unspecified atom stereocenters. The number of anilines is 1. The Morgan fingerprint density at radius 3 is 2.97 bits per heavy atom. The normalized spacial score (nSPS) is 18.6. The van der Waals surface area contributed by atoms with E-state index in [4.69, 9.17) is 4.52 Å². The van der Waals surface area contributed by atoms with Gasteiger partial charge < -0.3 is 20.1 Å². The van der Waals surface area contributed by atoms with Gasteiger partial charge in [-0.15, -0.1) is 0 Å². The Labute approximate surface area is 182 Å². The number of rotatable bonds is 5. The number of carbonyl (C=O) groups is 1. The first kappa shape index (κ1) is 20.0. The number of nitrogens with zero attached hydrogens (tertiary/aromatic N) is 5. The smallest absolute Gasteiger partial charge is 0.290 e. The van der Waals surface area contributed by atoms with Crippen LogP contribution in [0.1, 0.15) is 41.9 Å². The van der Waals surface area contributed by atoms with Gasteiger partial charge in [0.1, 0.15) is 12.0 Å². The second-order valence-electron chi connectivity index (χ2n) is 7.89. The fraction of sp³-hybridized carbons (Fsp3) is 0.333. The third-order valence-corrected chi connectivity index (χ3v) is 5.54. The molecule has 4 aromatic rings. The standard InChI is InChI=1S/C21H21FN8O2/c1-11-5-17(32-30-11)21(31)28-13-4-2-3-12(6-13)27-20-16(22)9-25-19(29-20)15-8-24-18-14(15)7-23-10-26-18/h5,7-10,12-13H,2-4,6H2,1H3,(H,28,31)(H,23,24,26)(H,25,27,29). The van der Waals surface area contributed by atoms with Crippen molar-refractivity contribution in [3.63, 3.8) is 0 Å². The predicted molar refractivity (Wildman–Crippen MR) is 113 cm³/mol. The Morgan fingerprint density at radius 2 is 2.12 bits per heavy atom. The highest BCUT2D eigenvalue weighted by atomic mass is 19.1. The summed E-state index contributed by atoms with van der Waals surface area (Å²) in [5, 5.41) is 10.7. The van der Waals surface area contributed by atoms with Gasteiger partial charge in [0.15, 0.2) is 17.5 Å². The maximum Gasteiger partial charge on any atom is 0.290 e. The Balaban J connectivity index is 1.30. The number of aromatic amines is 1. The zero-order valence-electron chi connectivity index (χ0n) is 17.3. The van der Waals surface area contributed by atoms with Crippen molar-refractivity contribution >= 4 is 22.8 Å². The van der Waals surface area contributed by atoms with E-state index in [0.29, 0.717) is 29.1 Å². The van der Waals surface area contributed by atoms with Crippen LogP contribution in [0.2, 0.25) is 0 Å². The SMILES string of the molecule is Cc1cc(C(=O)NC2CCCC(Nc3nc(-c4c[nH]c5ncncc45)ncc3F)C2)on1. The molecule has 0 bridgehead atoms. The van der Waals surface area contributed by atoms with Crippen molar-refractivity contribution in [2.45, 2.75) is 44.7 Å². The Bertz CT molecular complexity index is 1270. The molecule has 0 spiro atoms. The van der Waals surface area contributed by atoms with Crippen LogP contribution < -0.4 is 10.6 Å². The average molecular weight is 436 g/mol. The number of fused-ring (bicyclic) bond motifs is 1. The van der Waals surface area contributed by atoms with Crippen molar-refractivity contribution in [2.24, 2.45) is 0 Å². The van der Waals surface area contributed by atoms with E-state index in [1.54, 1.807) is 25.4 Å². The van der Waals surface area contributed by atoms with E-state index in [1.165, 1.54) is 6.33 Å². The second-order valence-corrected chi connectivity index (χ2v) is 7.89. The van der Waals surface area contributed by atoms with E-state index in [-0.39, 0.29) is 29.6 Å². The molecule has 1 aliphatic carbocycles. The molecule has 164 valence electrons. The summed E-state index contributed by atoms with van der Waals surface area (Å²) >= 11 is 0. The number of hydrogen-bond acceptors (Lipinski definition) is 8. The van der Waals surface area contributed by atoms with Gasteiger partial charge in [-0.05, 0) is 32.6 Å². The van der Waals surface area contributed by atoms with Gasteiger partial charge in [-0.25, -0.2) is 24.3 Å². The molecule has 0 saturated heterocycles. The van der Waals surface area contributed by atoms with Crippen LogP contribution in [0.15, 0.2) is 35.5 Å². The van der Waals surface area contributed by atoms with E-state index >= 15 is 0 Å². The molecule has 32 heavy (non-hydrogen) atoms. The minimum absolute atomic E-state index is 0.0472. The minimum Gasteiger partial charge on any atom is -0.365 e. The predicted octanol–water partition coefficient (Wildman–Crippen LogP) is 3.00. The van der Waals surface area contributed by atoms with Gasteiger partial charge in [0, 0.05) is 41.5 Å². The first-order valence-corrected chi connectivity index (χ1v) is 10.4. The highest BCUT2D eigenvalue weighted by Crippen LogP contribution is 2.27. The number of nitrogens with one attached hydrogen (secondary N) is 3. The van der Waals surface area contributed by atoms with Gasteiger partial charge in [0.25, 0.3) is 5.91 Å². The summed E-state index contributed by atoms with van der Waals surface area (Å²) in [5.41, 5.74) is 2.00. The lowest BCUT2D eigenvalue weighted by Gasteiger charge is -2.30. The summed E-state index contributed by atoms with van der Waals surface area (Å²) < 4.78 is 19.5. The Hall–Kier alpha value is -3.89. The lowest BCUT2D eigenvalue weighted by molar-refractivity contribution is 0.0889. The van der Waals surface area contributed by atoms with Crippen LogP contribution in [0.3, 0.4) is 0 Å². The number of aromatic nitrogens is 6. The van der Waals surface area contributed by atoms with Crippen molar-refractivity contribution in [3.8, 4) is 11.4 Å². The van der Waals surface area contributed by atoms with Gasteiger partial charge in [-0.3, -0.25) is 4.79 Å². The number of halogens is 1. The number of H-pyrrole nitrogens is 1. The Morgan fingerprint density at radius 1 is 1.25 bits per heavy atom. The molecule has 0 aromatic carbocycles. The molecule has 11 heteroatoms. The summed E-state index contributed by atoms with van der Waals surface area (Å²) in [5.74, 6) is -0.145. The number of aryl methyl sites for hydroxylation is 1. The maximum atomic E-state index is 14.5. The van der Waals surface area contributed by atoms with E-state index in [2.05, 4.69) is 40.7 Å². The fourth-order valence-corrected chi connectivity index (χ4v) is 4.02. The van der Waals surface area contributed by atoms with Crippen LogP contribution in [0.5, 0.6) is 0 Å². The van der Waals surface area contributed by atoms with Crippen molar-refractivity contribution < 1.29 is 13.7 Å². The lowest BCUT2D eigenvalue weighted by Crippen LogP contribution is -2.41. The molecule has 1 amide bonds. The first-order valence-electron chi connectivity index (χ1n) is 10.4. The van der Waals surface area contributed by atoms with Gasteiger partial charge in [-0.1, -0.05) is 5.16 Å². The molecule has 0 radical (unpaired) electrons. The summed E-state index contributed by atoms with van der Waals surface area (Å²) in [4.78, 5) is 32.2. The maximum absolute atomic E-state index is 14.5. The first-order chi connectivity index (χ1) is 15.6. The zero-order valence-corrected chi connectivity index (χ0v) is 17.3. The van der Waals surface area contributed by atoms with Gasteiger partial charge in [0.05, 0.1) is 11.9 Å². The van der Waals surface area contributed by atoms with Gasteiger partial charge >= 0.3 is 0 Å². The molecule has 1 fully saturated rings. The van der Waals surface area contributed by atoms with Crippen LogP contribution >= 0.6 is 0 Å². The minimum atomic E-state index is -0.534. The summed E-state index contributed by atoms with van der Waals surface area (Å²) in [6, 6.07) is 1.49. The third-order valence-electron chi connectivity index (χ3n) is 5.54. The van der Waals surface area contributed by atoms with E-state index in [0.717, 1.165) is 30.8 Å². The highest BCUT2D eigenvalue weighted by molar-refractivity contribution is 5.92. The number of amides is 1. The van der Waals surface area contributed by atoms with Crippen LogP contribution in [0.4, 0.5) is 10.2 Å². The summed E-state index contributed by atoms with van der Waals surface area (Å²) in [6.07, 6.45) is 9.20. The molecule has 4 heterocycles. The molecular weight excluding hydrogens is 415 g/mol. The van der Waals surface area contributed by atoms with Crippen LogP contribution in [-0.4, -0.2) is 48.1 Å². The molecule has 5 rings (SSSR count). The quantitative estimate of drug-likeness (QED) is 0.435. The zero-order chi connectivity index (χ0) is 22.1. The third kappa shape index (κ3) is 4.01. The second kappa shape index (κ2) is 8.33. The molecule has 4 aromatic heterocycles. The topological polar surface area (TPSA) is 135 Å². The van der Waals surface area contributed by atoms with E-state index < -0.39 is 5.82 Å². The lowest BCUT2D eigenvalue weighted by atomic mass is 9.91. The fourth-order valence-electron chi connectivity index (χ4n) is 4.02. The summed E-state index contributed by atoms with van der Waals surface area (Å²) in [7, 11) is 0. The largest absolute Gasteiger partial charge is 0.365 e. The molecule has 1 aliphatic rings. The van der Waals surface area contributed by atoms with Crippen LogP contribution in [-0.2, 0) is 0 Å². The molecule has 10 nitrogen and oxygen atoms in total. The molecule has 1 saturated carbocycles. The van der Waals surface area contributed by atoms with Crippen molar-refractivity contribution in [1.82, 2.24) is 35.4 Å². The van der Waals surface area contributed by atoms with E-state index in [9.17, 15) is 9.18 Å². The molecule has 3 N–H and O–H groups in total. The Kier molecular flexibility index (Phi) is 5.21. The van der Waals surface area contributed by atoms with Crippen LogP contribution in [0.25, 0.3) is 22.4 Å². The monoisotopic (exact) mass is 436 g/mol. The number of carbonyl (C=O) groups excluding carboxylic acids is 1. The molecule has 0 aliphatic heterocycles. The number of hydrogen-bond donors (Lipinski definition) is 3. The summed E-state index contributed by atoms with van der Waals surface area (Å²) in [6.45, 7) is 1.76. The van der Waals surface area contributed by atoms with Crippen LogP contribution in [0, 0.1) is 12.7 Å². The van der Waals surface area contributed by atoms with E-state index in [1.807, 2.05) is 0 Å². The van der Waals surface area contributed by atoms with Gasteiger partial charge in [0.2, 0.25) is 5.76 Å². The molecular formula is C21H21FN8O2. The average Bonchev–Trinajstić information content (AvgIpc) is 3.42. The van der Waals surface area contributed by atoms with Crippen molar-refractivity contribution in [1.29, 1.82) is 0 Å². The molecule has 2 atom stereocenters. The van der Waals surface area contributed by atoms with Crippen molar-refractivity contribution in [2.75, 3.05) is 5.32 Å². The van der Waals surface area contributed by atoms with Crippen molar-refractivity contribution in [3.05, 3.63) is 48.3 Å².